The van der Waals surface area contributed by atoms with Gasteiger partial charge < -0.3 is 0 Å². The minimum atomic E-state index is -4.21. The van der Waals surface area contributed by atoms with Gasteiger partial charge in [-0.05, 0) is 12.1 Å². The van der Waals surface area contributed by atoms with Crippen LogP contribution in [0.25, 0.3) is 15.2 Å². The summed E-state index contributed by atoms with van der Waals surface area (Å²) in [5.74, 6) is -0.960. The number of benzene rings is 1. The summed E-state index contributed by atoms with van der Waals surface area (Å²) in [6.45, 7) is 0. The number of rotatable bonds is 2. The summed E-state index contributed by atoms with van der Waals surface area (Å²) >= 11 is 2.06. The molecule has 3 aromatic rings. The van der Waals surface area contributed by atoms with Gasteiger partial charge in [-0.3, -0.25) is 4.40 Å². The van der Waals surface area contributed by atoms with Gasteiger partial charge in [-0.2, -0.15) is 13.2 Å². The number of hydrogen-bond acceptors (Lipinski definition) is 4. The second-order valence-electron chi connectivity index (χ2n) is 3.57. The molecule has 0 spiro atoms. The molecule has 0 saturated carbocycles. The number of nitrogens with zero attached hydrogens (tertiary/aromatic N) is 3. The highest BCUT2D eigenvalue weighted by Crippen LogP contribution is 2.31. The molecule has 0 N–H and O–H groups in total. The molecule has 0 aliphatic rings. The van der Waals surface area contributed by atoms with Crippen molar-refractivity contribution in [2.24, 2.45) is 0 Å². The Hall–Kier alpha value is -1.28. The Morgan fingerprint density at radius 3 is 2.78 bits per heavy atom. The minimum absolute atomic E-state index is 0.278. The summed E-state index contributed by atoms with van der Waals surface area (Å²) in [5, 5.41) is 7.97. The fourth-order valence-electron chi connectivity index (χ4n) is 1.60. The van der Waals surface area contributed by atoms with Gasteiger partial charge in [-0.1, -0.05) is 35.2 Å². The topological polar surface area (TPSA) is 30.2 Å². The Kier molecular flexibility index (Phi) is 2.70. The first-order valence-corrected chi connectivity index (χ1v) is 6.77. The minimum Gasteiger partial charge on any atom is -0.260 e. The van der Waals surface area contributed by atoms with Gasteiger partial charge in [0.1, 0.15) is 0 Å². The highest BCUT2D eigenvalue weighted by Gasteiger charge is 2.28. The van der Waals surface area contributed by atoms with Crippen molar-refractivity contribution in [3.63, 3.8) is 0 Å². The molecule has 8 heteroatoms. The van der Waals surface area contributed by atoms with Crippen molar-refractivity contribution in [1.29, 1.82) is 0 Å². The first kappa shape index (κ1) is 11.8. The molecule has 2 heterocycles. The predicted molar refractivity (Wildman–Crippen MR) is 65.1 cm³/mol. The van der Waals surface area contributed by atoms with Crippen LogP contribution < -0.4 is 0 Å². The fraction of sp³-hybridized carbons (Fsp3) is 0.200. The van der Waals surface area contributed by atoms with Gasteiger partial charge in [0.15, 0.2) is 5.16 Å². The van der Waals surface area contributed by atoms with Crippen LogP contribution in [0, 0.1) is 0 Å². The molecule has 0 aliphatic carbocycles. The Labute approximate surface area is 108 Å². The number of thioether (sulfide) groups is 1. The smallest absolute Gasteiger partial charge is 0.260 e. The van der Waals surface area contributed by atoms with E-state index in [9.17, 15) is 13.2 Å². The molecule has 0 atom stereocenters. The molecule has 2 aromatic heterocycles. The molecule has 0 fully saturated rings. The third kappa shape index (κ3) is 2.05. The molecular weight excluding hydrogens is 283 g/mol. The maximum atomic E-state index is 12.2. The summed E-state index contributed by atoms with van der Waals surface area (Å²) in [6, 6.07) is 7.48. The van der Waals surface area contributed by atoms with Gasteiger partial charge >= 0.3 is 6.18 Å². The van der Waals surface area contributed by atoms with E-state index in [-0.39, 0.29) is 5.16 Å². The van der Waals surface area contributed by atoms with Gasteiger partial charge in [0.2, 0.25) is 4.96 Å². The number of aromatic nitrogens is 3. The first-order chi connectivity index (χ1) is 8.54. The van der Waals surface area contributed by atoms with Crippen LogP contribution in [0.15, 0.2) is 29.4 Å². The normalized spacial score (nSPS) is 12.6. The van der Waals surface area contributed by atoms with Gasteiger partial charge in [0.05, 0.1) is 16.0 Å². The molecule has 18 heavy (non-hydrogen) atoms. The molecular formula is C10H6F3N3S2. The van der Waals surface area contributed by atoms with Crippen molar-refractivity contribution in [3.05, 3.63) is 24.3 Å². The lowest BCUT2D eigenvalue weighted by Crippen LogP contribution is -2.11. The lowest BCUT2D eigenvalue weighted by atomic mass is 10.3. The second-order valence-corrected chi connectivity index (χ2v) is 5.53. The van der Waals surface area contributed by atoms with Gasteiger partial charge in [-0.25, -0.2) is 0 Å². The molecule has 0 aliphatic heterocycles. The maximum Gasteiger partial charge on any atom is 0.398 e. The maximum absolute atomic E-state index is 12.2. The van der Waals surface area contributed by atoms with E-state index < -0.39 is 11.9 Å². The van der Waals surface area contributed by atoms with Crippen molar-refractivity contribution < 1.29 is 13.2 Å². The standard InChI is InChI=1S/C10H6F3N3S2/c11-10(12,13)5-17-8-14-15-9-16(8)6-3-1-2-4-7(6)18-9/h1-4H,5H2. The van der Waals surface area contributed by atoms with E-state index in [0.29, 0.717) is 16.7 Å². The van der Waals surface area contributed by atoms with Crippen LogP contribution in [0.1, 0.15) is 0 Å². The Morgan fingerprint density at radius 1 is 1.22 bits per heavy atom. The molecule has 94 valence electrons. The van der Waals surface area contributed by atoms with Crippen molar-refractivity contribution in [2.75, 3.05) is 5.75 Å². The lowest BCUT2D eigenvalue weighted by molar-refractivity contribution is -0.105. The molecule has 0 radical (unpaired) electrons. The molecule has 0 amide bonds. The monoisotopic (exact) mass is 289 g/mol. The van der Waals surface area contributed by atoms with Crippen LogP contribution in [0.4, 0.5) is 13.2 Å². The Morgan fingerprint density at radius 2 is 2.00 bits per heavy atom. The van der Waals surface area contributed by atoms with E-state index in [1.807, 2.05) is 24.3 Å². The van der Waals surface area contributed by atoms with Crippen LogP contribution in [0.5, 0.6) is 0 Å². The summed E-state index contributed by atoms with van der Waals surface area (Å²) in [7, 11) is 0. The zero-order valence-corrected chi connectivity index (χ0v) is 10.4. The first-order valence-electron chi connectivity index (χ1n) is 4.97. The number of hydrogen-bond donors (Lipinski definition) is 0. The molecule has 1 aromatic carbocycles. The number of thiazole rings is 1. The average molecular weight is 289 g/mol. The van der Waals surface area contributed by atoms with Crippen LogP contribution >= 0.6 is 23.1 Å². The van der Waals surface area contributed by atoms with Crippen LogP contribution in [-0.4, -0.2) is 26.5 Å². The van der Waals surface area contributed by atoms with E-state index in [1.54, 1.807) is 4.40 Å². The Bertz CT molecular complexity index is 701. The molecule has 0 bridgehead atoms. The van der Waals surface area contributed by atoms with Crippen molar-refractivity contribution >= 4 is 38.3 Å². The van der Waals surface area contributed by atoms with Gasteiger partial charge in [0, 0.05) is 0 Å². The molecule has 3 rings (SSSR count). The average Bonchev–Trinajstić information content (AvgIpc) is 2.83. The zero-order valence-electron chi connectivity index (χ0n) is 8.81. The summed E-state index contributed by atoms with van der Waals surface area (Å²) in [6.07, 6.45) is -4.21. The number of halogens is 3. The van der Waals surface area contributed by atoms with Gasteiger partial charge in [0.25, 0.3) is 0 Å². The quantitative estimate of drug-likeness (QED) is 0.675. The van der Waals surface area contributed by atoms with Crippen LogP contribution in [0.3, 0.4) is 0 Å². The van der Waals surface area contributed by atoms with Crippen molar-refractivity contribution in [2.45, 2.75) is 11.3 Å². The van der Waals surface area contributed by atoms with Crippen LogP contribution in [-0.2, 0) is 0 Å². The zero-order chi connectivity index (χ0) is 12.8. The van der Waals surface area contributed by atoms with Crippen molar-refractivity contribution in [1.82, 2.24) is 14.6 Å². The van der Waals surface area contributed by atoms with Crippen molar-refractivity contribution in [3.8, 4) is 0 Å². The van der Waals surface area contributed by atoms with E-state index in [4.69, 9.17) is 0 Å². The second kappa shape index (κ2) is 4.13. The highest BCUT2D eigenvalue weighted by atomic mass is 32.2. The van der Waals surface area contributed by atoms with Gasteiger partial charge in [-0.15, -0.1) is 10.2 Å². The van der Waals surface area contributed by atoms with Crippen LogP contribution in [0.2, 0.25) is 0 Å². The van der Waals surface area contributed by atoms with E-state index in [0.717, 1.165) is 10.2 Å². The summed E-state index contributed by atoms with van der Waals surface area (Å²) < 4.78 is 39.3. The largest absolute Gasteiger partial charge is 0.398 e. The fourth-order valence-corrected chi connectivity index (χ4v) is 3.32. The SMILES string of the molecule is FC(F)(F)CSc1nnc2sc3ccccc3n12. The van der Waals surface area contributed by atoms with E-state index in [2.05, 4.69) is 10.2 Å². The number of alkyl halides is 3. The number of para-hydroxylation sites is 1. The summed E-state index contributed by atoms with van der Waals surface area (Å²) in [5.41, 5.74) is 0.840. The third-order valence-corrected chi connectivity index (χ3v) is 4.28. The predicted octanol–water partition coefficient (Wildman–Crippen LogP) is 3.60. The molecule has 3 nitrogen and oxygen atoms in total. The summed E-state index contributed by atoms with van der Waals surface area (Å²) in [4.78, 5) is 0.612. The highest BCUT2D eigenvalue weighted by molar-refractivity contribution is 7.99. The third-order valence-electron chi connectivity index (χ3n) is 2.28. The molecule has 0 unspecified atom stereocenters. The lowest BCUT2D eigenvalue weighted by Gasteiger charge is -2.03. The Balaban J connectivity index is 2.07. The van der Waals surface area contributed by atoms with E-state index in [1.165, 1.54) is 11.3 Å². The molecule has 0 saturated heterocycles. The van der Waals surface area contributed by atoms with E-state index >= 15 is 0 Å². The number of fused-ring (bicyclic) bond motifs is 3.